The number of fused-ring (bicyclic) bond motifs is 1. The third kappa shape index (κ3) is 5.63. The van der Waals surface area contributed by atoms with Crippen molar-refractivity contribution in [1.82, 2.24) is 15.2 Å². The van der Waals surface area contributed by atoms with E-state index in [0.717, 1.165) is 59.5 Å². The predicted molar refractivity (Wildman–Crippen MR) is 160 cm³/mol. The van der Waals surface area contributed by atoms with Gasteiger partial charge in [0.1, 0.15) is 17.7 Å². The number of nitrogens with one attached hydrogen (secondary N) is 2. The Bertz CT molecular complexity index is 1420. The van der Waals surface area contributed by atoms with Gasteiger partial charge in [0.25, 0.3) is 0 Å². The summed E-state index contributed by atoms with van der Waals surface area (Å²) in [5.41, 5.74) is 1.36. The molecule has 4 bridgehead atoms. The molecule has 8 nitrogen and oxygen atoms in total. The zero-order valence-electron chi connectivity index (χ0n) is 24.4. The fourth-order valence-electron chi connectivity index (χ4n) is 8.09. The van der Waals surface area contributed by atoms with Crippen LogP contribution in [0.1, 0.15) is 57.1 Å². The third-order valence-electron chi connectivity index (χ3n) is 10.0. The van der Waals surface area contributed by atoms with Crippen LogP contribution >= 0.6 is 0 Å². The van der Waals surface area contributed by atoms with Crippen molar-refractivity contribution in [3.05, 3.63) is 71.9 Å². The average molecular weight is 572 g/mol. The van der Waals surface area contributed by atoms with Gasteiger partial charge in [-0.05, 0) is 93.2 Å². The first-order valence-electron chi connectivity index (χ1n) is 15.3. The number of carboxylic acid groups (broad SMARTS) is 1. The van der Waals surface area contributed by atoms with Crippen molar-refractivity contribution >= 4 is 28.9 Å². The van der Waals surface area contributed by atoms with Crippen molar-refractivity contribution in [2.45, 2.75) is 76.5 Å². The molecule has 222 valence electrons. The highest BCUT2D eigenvalue weighted by Crippen LogP contribution is 2.54. The smallest absolute Gasteiger partial charge is 0.408 e. The van der Waals surface area contributed by atoms with Gasteiger partial charge in [0.05, 0.1) is 0 Å². The summed E-state index contributed by atoms with van der Waals surface area (Å²) < 4.78 is 6.15. The lowest BCUT2D eigenvalue weighted by Crippen LogP contribution is -2.62. The Balaban J connectivity index is 1.27. The fourth-order valence-corrected chi connectivity index (χ4v) is 8.09. The topological polar surface area (TPSA) is 112 Å². The summed E-state index contributed by atoms with van der Waals surface area (Å²) in [5, 5.41) is 13.9. The molecule has 3 aromatic rings. The Hall–Kier alpha value is -3.81. The van der Waals surface area contributed by atoms with E-state index in [1.807, 2.05) is 60.8 Å². The summed E-state index contributed by atoms with van der Waals surface area (Å²) in [6.07, 6.45) is 7.55. The minimum atomic E-state index is -1.44. The van der Waals surface area contributed by atoms with Gasteiger partial charge in [0, 0.05) is 30.1 Å². The fraction of sp³-hybridized carbons (Fsp3) is 0.500. The van der Waals surface area contributed by atoms with Gasteiger partial charge < -0.3 is 25.0 Å². The van der Waals surface area contributed by atoms with E-state index >= 15 is 0 Å². The zero-order chi connectivity index (χ0) is 29.4. The minimum Gasteiger partial charge on any atom is -0.480 e. The van der Waals surface area contributed by atoms with Crippen molar-refractivity contribution in [2.24, 2.45) is 23.7 Å². The highest BCUT2D eigenvalue weighted by molar-refractivity contribution is 5.94. The van der Waals surface area contributed by atoms with Crippen LogP contribution in [-0.4, -0.2) is 57.2 Å². The Morgan fingerprint density at radius 2 is 1.64 bits per heavy atom. The molecule has 4 aliphatic carbocycles. The van der Waals surface area contributed by atoms with Crippen molar-refractivity contribution in [3.8, 4) is 0 Å². The Kier molecular flexibility index (Phi) is 7.73. The molecule has 2 aromatic carbocycles. The maximum Gasteiger partial charge on any atom is 0.408 e. The van der Waals surface area contributed by atoms with E-state index in [1.54, 1.807) is 6.92 Å². The van der Waals surface area contributed by atoms with Gasteiger partial charge in [-0.1, -0.05) is 48.5 Å². The highest BCUT2D eigenvalue weighted by Gasteiger charge is 2.50. The van der Waals surface area contributed by atoms with Gasteiger partial charge in [-0.25, -0.2) is 9.59 Å². The summed E-state index contributed by atoms with van der Waals surface area (Å²) in [4.78, 5) is 44.9. The Labute approximate surface area is 246 Å². The van der Waals surface area contributed by atoms with Crippen LogP contribution in [0, 0.1) is 23.7 Å². The molecule has 0 aliphatic heterocycles. The second kappa shape index (κ2) is 11.5. The highest BCUT2D eigenvalue weighted by atomic mass is 16.6. The number of aromatic nitrogens is 1. The molecule has 0 spiro atoms. The molecule has 7 rings (SSSR count). The molecule has 1 aromatic heterocycles. The van der Waals surface area contributed by atoms with E-state index in [4.69, 9.17) is 4.74 Å². The molecule has 3 N–H and O–H groups in total. The number of ether oxygens (including phenoxy) is 1. The Morgan fingerprint density at radius 1 is 1.00 bits per heavy atom. The molecule has 0 saturated heterocycles. The summed E-state index contributed by atoms with van der Waals surface area (Å²) in [7, 11) is 0. The minimum absolute atomic E-state index is 0.127. The maximum absolute atomic E-state index is 14.4. The summed E-state index contributed by atoms with van der Waals surface area (Å²) >= 11 is 0. The molecule has 8 heteroatoms. The number of alkyl carbamates (subject to hydrolysis) is 1. The number of amides is 2. The lowest BCUT2D eigenvalue weighted by molar-refractivity contribution is -0.152. The second-order valence-electron chi connectivity index (χ2n) is 13.0. The number of carboxylic acids is 1. The van der Waals surface area contributed by atoms with E-state index in [2.05, 4.69) is 10.3 Å². The lowest BCUT2D eigenvalue weighted by atomic mass is 9.55. The first kappa shape index (κ1) is 28.3. The van der Waals surface area contributed by atoms with Crippen LogP contribution in [0.5, 0.6) is 0 Å². The van der Waals surface area contributed by atoms with E-state index < -0.39 is 29.6 Å². The van der Waals surface area contributed by atoms with Gasteiger partial charge in [-0.3, -0.25) is 4.79 Å². The molecular formula is C34H41N3O5. The number of hydrogen-bond acceptors (Lipinski definition) is 4. The largest absolute Gasteiger partial charge is 0.480 e. The van der Waals surface area contributed by atoms with Gasteiger partial charge >= 0.3 is 12.1 Å². The molecule has 42 heavy (non-hydrogen) atoms. The van der Waals surface area contributed by atoms with E-state index in [0.29, 0.717) is 18.3 Å². The monoisotopic (exact) mass is 571 g/mol. The molecule has 2 atom stereocenters. The third-order valence-corrected chi connectivity index (χ3v) is 10.0. The van der Waals surface area contributed by atoms with Crippen LogP contribution in [0.4, 0.5) is 4.79 Å². The number of hydrogen-bond donors (Lipinski definition) is 3. The maximum atomic E-state index is 14.4. The SMILES string of the molecule is CC(C(=O)O)N(CCc1ccccc1)C(=O)C(C)(Cc1c[nH]c2ccccc12)NC(=O)OC1C2CC3CC(C2)CC1C3. The quantitative estimate of drug-likeness (QED) is 0.295. The number of benzene rings is 2. The van der Waals surface area contributed by atoms with Gasteiger partial charge in [-0.15, -0.1) is 0 Å². The zero-order valence-corrected chi connectivity index (χ0v) is 24.4. The number of carbonyl (C=O) groups excluding carboxylic acids is 2. The van der Waals surface area contributed by atoms with Crippen LogP contribution in [0.25, 0.3) is 10.9 Å². The van der Waals surface area contributed by atoms with Crippen LogP contribution in [0.15, 0.2) is 60.8 Å². The number of nitrogens with zero attached hydrogens (tertiary/aromatic N) is 1. The second-order valence-corrected chi connectivity index (χ2v) is 13.0. The van der Waals surface area contributed by atoms with Crippen molar-refractivity contribution in [2.75, 3.05) is 6.54 Å². The number of H-pyrrole nitrogens is 1. The number of aromatic amines is 1. The lowest BCUT2D eigenvalue weighted by Gasteiger charge is -2.53. The van der Waals surface area contributed by atoms with Crippen molar-refractivity contribution in [3.63, 3.8) is 0 Å². The van der Waals surface area contributed by atoms with Crippen molar-refractivity contribution in [1.29, 1.82) is 0 Å². The van der Waals surface area contributed by atoms with Gasteiger partial charge in [0.2, 0.25) is 5.91 Å². The molecule has 4 aliphatic rings. The van der Waals surface area contributed by atoms with Gasteiger partial charge in [0.15, 0.2) is 0 Å². The number of carbonyl (C=O) groups is 3. The first-order chi connectivity index (χ1) is 20.2. The summed E-state index contributed by atoms with van der Waals surface area (Å²) in [6.45, 7) is 3.41. The molecule has 4 saturated carbocycles. The van der Waals surface area contributed by atoms with Gasteiger partial charge in [-0.2, -0.15) is 0 Å². The van der Waals surface area contributed by atoms with Crippen LogP contribution in [-0.2, 0) is 27.2 Å². The Morgan fingerprint density at radius 3 is 2.31 bits per heavy atom. The van der Waals surface area contributed by atoms with E-state index in [1.165, 1.54) is 18.2 Å². The molecule has 0 radical (unpaired) electrons. The average Bonchev–Trinajstić information content (AvgIpc) is 3.37. The summed E-state index contributed by atoms with van der Waals surface area (Å²) in [5.74, 6) is 0.733. The number of para-hydroxylation sites is 1. The number of rotatable bonds is 10. The van der Waals surface area contributed by atoms with Crippen LogP contribution in [0.2, 0.25) is 0 Å². The molecule has 1 heterocycles. The summed E-state index contributed by atoms with van der Waals surface area (Å²) in [6, 6.07) is 16.4. The standard InChI is InChI=1S/C34H41N3O5/c1-21(31(38)39)37(13-12-22-8-4-3-5-9-22)32(40)34(2,19-27-20-35-29-11-7-6-10-28(27)29)36-33(41)42-30-25-15-23-14-24(17-25)18-26(30)16-23/h3-11,20-21,23-26,30,35H,12-19H2,1-2H3,(H,36,41)(H,38,39). The van der Waals surface area contributed by atoms with E-state index in [9.17, 15) is 19.5 Å². The van der Waals surface area contributed by atoms with Crippen LogP contribution in [0.3, 0.4) is 0 Å². The van der Waals surface area contributed by atoms with Crippen molar-refractivity contribution < 1.29 is 24.2 Å². The van der Waals surface area contributed by atoms with E-state index in [-0.39, 0.29) is 19.1 Å². The molecular weight excluding hydrogens is 530 g/mol. The molecule has 2 amide bonds. The normalized spacial score (nSPS) is 26.4. The van der Waals surface area contributed by atoms with Crippen LogP contribution < -0.4 is 5.32 Å². The predicted octanol–water partition coefficient (Wildman–Crippen LogP) is 5.56. The number of aliphatic carboxylic acids is 1. The first-order valence-corrected chi connectivity index (χ1v) is 15.3. The molecule has 4 fully saturated rings. The molecule has 2 unspecified atom stereocenters.